The summed E-state index contributed by atoms with van der Waals surface area (Å²) in [5.41, 5.74) is 2.85. The van der Waals surface area contributed by atoms with Gasteiger partial charge in [-0.1, -0.05) is 45.9 Å². The van der Waals surface area contributed by atoms with E-state index in [1.54, 1.807) is 6.08 Å². The maximum absolute atomic E-state index is 5.98. The molecule has 1 aromatic rings. The Hall–Kier alpha value is 0.114. The van der Waals surface area contributed by atoms with Gasteiger partial charge in [0.2, 0.25) is 0 Å². The molecule has 0 spiro atoms. The number of likely N-dealkylation sites (N-methyl/N-ethyl adjacent to an activating group) is 1. The van der Waals surface area contributed by atoms with Crippen LogP contribution >= 0.6 is 27.5 Å². The van der Waals surface area contributed by atoms with E-state index in [0.29, 0.717) is 5.03 Å². The van der Waals surface area contributed by atoms with Crippen molar-refractivity contribution in [3.8, 4) is 0 Å². The number of nitrogens with zero attached hydrogens (tertiary/aromatic N) is 1. The van der Waals surface area contributed by atoms with Crippen LogP contribution in [0.15, 0.2) is 52.1 Å². The van der Waals surface area contributed by atoms with E-state index in [1.165, 1.54) is 0 Å². The monoisotopic (exact) mass is 383 g/mol. The molecule has 0 bridgehead atoms. The van der Waals surface area contributed by atoms with E-state index in [4.69, 9.17) is 11.6 Å². The SMILES string of the molecule is C=C1C(Cl)=C[C-]=C(c2ccc(Br)cc2)N1C.[Y]. The quantitative estimate of drug-likeness (QED) is 0.657. The Balaban J connectivity index is 0.00000144. The molecule has 1 radical (unpaired) electrons. The van der Waals surface area contributed by atoms with Crippen molar-refractivity contribution in [1.82, 2.24) is 4.90 Å². The van der Waals surface area contributed by atoms with Crippen molar-refractivity contribution in [2.75, 3.05) is 7.05 Å². The van der Waals surface area contributed by atoms with Gasteiger partial charge in [-0.2, -0.15) is 23.8 Å². The Morgan fingerprint density at radius 3 is 2.47 bits per heavy atom. The van der Waals surface area contributed by atoms with Crippen molar-refractivity contribution >= 4 is 33.2 Å². The fraction of sp³-hybridized carbons (Fsp3) is 0.0769. The molecule has 0 saturated carbocycles. The topological polar surface area (TPSA) is 3.24 Å². The molecule has 0 saturated heterocycles. The normalized spacial score (nSPS) is 15.0. The summed E-state index contributed by atoms with van der Waals surface area (Å²) in [6.07, 6.45) is 4.91. The van der Waals surface area contributed by atoms with Gasteiger partial charge in [-0.15, -0.1) is 12.1 Å². The molecular formula is C13H10BrClNY-. The Bertz CT molecular complexity index is 491. The van der Waals surface area contributed by atoms with Gasteiger partial charge in [0.1, 0.15) is 0 Å². The molecule has 0 aliphatic carbocycles. The van der Waals surface area contributed by atoms with Crippen molar-refractivity contribution in [2.24, 2.45) is 0 Å². The molecule has 1 aliphatic rings. The first-order valence-electron chi connectivity index (χ1n) is 4.77. The number of allylic oxidation sites excluding steroid dienone is 3. The molecule has 0 aromatic heterocycles. The number of halogens is 2. The third-order valence-corrected chi connectivity index (χ3v) is 3.33. The van der Waals surface area contributed by atoms with Crippen LogP contribution in [0.1, 0.15) is 5.56 Å². The molecule has 1 aromatic carbocycles. The standard InChI is InChI=1S/C13H10BrClN.Y/c1-9-12(15)7-8-13(16(9)2)10-3-5-11(14)6-4-10;/h3-7H,1H2,2H3;/q-1;. The van der Waals surface area contributed by atoms with Gasteiger partial charge in [-0.25, -0.2) is 0 Å². The third-order valence-electron chi connectivity index (χ3n) is 2.47. The molecule has 85 valence electrons. The first-order valence-corrected chi connectivity index (χ1v) is 5.95. The van der Waals surface area contributed by atoms with E-state index in [-0.39, 0.29) is 32.7 Å². The summed E-state index contributed by atoms with van der Waals surface area (Å²) in [5.74, 6) is 0. The van der Waals surface area contributed by atoms with Crippen molar-refractivity contribution in [2.45, 2.75) is 0 Å². The van der Waals surface area contributed by atoms with E-state index < -0.39 is 0 Å². The zero-order chi connectivity index (χ0) is 11.7. The van der Waals surface area contributed by atoms with E-state index in [9.17, 15) is 0 Å². The van der Waals surface area contributed by atoms with Gasteiger partial charge in [-0.3, -0.25) is 0 Å². The average molecular weight is 384 g/mol. The van der Waals surface area contributed by atoms with E-state index >= 15 is 0 Å². The zero-order valence-electron chi connectivity index (χ0n) is 9.37. The van der Waals surface area contributed by atoms with Crippen molar-refractivity contribution < 1.29 is 32.7 Å². The summed E-state index contributed by atoms with van der Waals surface area (Å²) >= 11 is 9.39. The van der Waals surface area contributed by atoms with Crippen LogP contribution in [-0.4, -0.2) is 11.9 Å². The van der Waals surface area contributed by atoms with Gasteiger partial charge in [-0.05, 0) is 10.7 Å². The van der Waals surface area contributed by atoms with Crippen LogP contribution < -0.4 is 0 Å². The van der Waals surface area contributed by atoms with Crippen LogP contribution in [0.3, 0.4) is 0 Å². The van der Waals surface area contributed by atoms with Crippen LogP contribution in [0.2, 0.25) is 0 Å². The summed E-state index contributed by atoms with van der Waals surface area (Å²) < 4.78 is 1.06. The molecular weight excluding hydrogens is 374 g/mol. The molecule has 0 fully saturated rings. The van der Waals surface area contributed by atoms with Crippen LogP contribution in [-0.2, 0) is 32.7 Å². The minimum atomic E-state index is 0. The molecule has 0 unspecified atom stereocenters. The number of rotatable bonds is 1. The number of hydrogen-bond donors (Lipinski definition) is 0. The van der Waals surface area contributed by atoms with E-state index in [0.717, 1.165) is 21.4 Å². The molecule has 0 N–H and O–H groups in total. The van der Waals surface area contributed by atoms with Gasteiger partial charge in [0.15, 0.2) is 0 Å². The van der Waals surface area contributed by atoms with Crippen LogP contribution in [0.5, 0.6) is 0 Å². The minimum absolute atomic E-state index is 0. The summed E-state index contributed by atoms with van der Waals surface area (Å²) in [4.78, 5) is 1.94. The predicted octanol–water partition coefficient (Wildman–Crippen LogP) is 4.17. The van der Waals surface area contributed by atoms with Crippen molar-refractivity contribution in [3.63, 3.8) is 0 Å². The van der Waals surface area contributed by atoms with Gasteiger partial charge in [0.25, 0.3) is 0 Å². The summed E-state index contributed by atoms with van der Waals surface area (Å²) in [7, 11) is 1.93. The second-order valence-electron chi connectivity index (χ2n) is 3.50. The predicted molar refractivity (Wildman–Crippen MR) is 71.6 cm³/mol. The van der Waals surface area contributed by atoms with Crippen LogP contribution in [0, 0.1) is 6.08 Å². The van der Waals surface area contributed by atoms with E-state index in [1.807, 2.05) is 36.2 Å². The molecule has 0 amide bonds. The molecule has 1 nitrogen and oxygen atoms in total. The van der Waals surface area contributed by atoms with Crippen LogP contribution in [0.25, 0.3) is 5.70 Å². The van der Waals surface area contributed by atoms with Crippen molar-refractivity contribution in [3.05, 3.63) is 63.8 Å². The van der Waals surface area contributed by atoms with Crippen LogP contribution in [0.4, 0.5) is 0 Å². The van der Waals surface area contributed by atoms with Crippen molar-refractivity contribution in [1.29, 1.82) is 0 Å². The second-order valence-corrected chi connectivity index (χ2v) is 4.82. The number of hydrogen-bond acceptors (Lipinski definition) is 1. The zero-order valence-corrected chi connectivity index (χ0v) is 14.6. The molecule has 1 aliphatic heterocycles. The maximum Gasteiger partial charge on any atom is 0.0154 e. The minimum Gasteiger partial charge on any atom is -0.377 e. The smallest absolute Gasteiger partial charge is 0.0154 e. The summed E-state index contributed by atoms with van der Waals surface area (Å²) in [5, 5.41) is 0.628. The first-order chi connectivity index (χ1) is 7.59. The summed E-state index contributed by atoms with van der Waals surface area (Å²) in [6.45, 7) is 3.93. The molecule has 4 heteroatoms. The number of benzene rings is 1. The Morgan fingerprint density at radius 1 is 1.29 bits per heavy atom. The molecule has 17 heavy (non-hydrogen) atoms. The molecule has 2 rings (SSSR count). The van der Waals surface area contributed by atoms with E-state index in [2.05, 4.69) is 28.6 Å². The van der Waals surface area contributed by atoms with Gasteiger partial charge >= 0.3 is 0 Å². The molecule has 0 atom stereocenters. The Morgan fingerprint density at radius 2 is 1.88 bits per heavy atom. The third kappa shape index (κ3) is 3.32. The fourth-order valence-corrected chi connectivity index (χ4v) is 1.94. The first kappa shape index (κ1) is 15.2. The average Bonchev–Trinajstić information content (AvgIpc) is 2.28. The maximum atomic E-state index is 5.98. The Labute approximate surface area is 140 Å². The molecule has 1 heterocycles. The second kappa shape index (κ2) is 6.33. The fourth-order valence-electron chi connectivity index (χ4n) is 1.49. The van der Waals surface area contributed by atoms with Gasteiger partial charge in [0.05, 0.1) is 0 Å². The van der Waals surface area contributed by atoms with Gasteiger partial charge < -0.3 is 4.90 Å². The Kier molecular flexibility index (Phi) is 5.65. The largest absolute Gasteiger partial charge is 0.377 e. The van der Waals surface area contributed by atoms with Gasteiger partial charge in [0, 0.05) is 44.2 Å². The summed E-state index contributed by atoms with van der Waals surface area (Å²) in [6, 6.07) is 8.06.